The molecule has 0 heterocycles. The van der Waals surface area contributed by atoms with Gasteiger partial charge in [-0.05, 0) is 103 Å². The molecule has 0 aliphatic rings. The highest BCUT2D eigenvalue weighted by Crippen LogP contribution is 2.15. The Hall–Kier alpha value is -3.93. The van der Waals surface area contributed by atoms with Gasteiger partial charge in [-0.3, -0.25) is 14.4 Å². The van der Waals surface area contributed by atoms with Gasteiger partial charge in [-0.25, -0.2) is 0 Å². The van der Waals surface area contributed by atoms with Gasteiger partial charge in [0.15, 0.2) is 6.10 Å². The largest absolute Gasteiger partial charge is 0.462 e. The first-order valence-electron chi connectivity index (χ1n) is 30.4. The minimum absolute atomic E-state index is 0.0864. The van der Waals surface area contributed by atoms with Crippen molar-refractivity contribution in [1.82, 2.24) is 0 Å². The molecule has 0 amide bonds. The minimum atomic E-state index is -0.791. The first-order valence-corrected chi connectivity index (χ1v) is 30.4. The molecule has 1 unspecified atom stereocenters. The number of allylic oxidation sites excluding steroid dienone is 18. The van der Waals surface area contributed by atoms with Crippen molar-refractivity contribution in [3.05, 3.63) is 109 Å². The number of esters is 3. The summed E-state index contributed by atoms with van der Waals surface area (Å²) < 4.78 is 16.9. The van der Waals surface area contributed by atoms with Crippen molar-refractivity contribution in [1.29, 1.82) is 0 Å². The highest BCUT2D eigenvalue weighted by Gasteiger charge is 2.19. The molecule has 0 saturated carbocycles. The molecule has 0 aromatic heterocycles. The molecule has 6 nitrogen and oxygen atoms in total. The van der Waals surface area contributed by atoms with Crippen molar-refractivity contribution < 1.29 is 28.6 Å². The lowest BCUT2D eigenvalue weighted by atomic mass is 10.0. The van der Waals surface area contributed by atoms with E-state index in [-0.39, 0.29) is 31.1 Å². The summed E-state index contributed by atoms with van der Waals surface area (Å²) in [5, 5.41) is 0. The Morgan fingerprint density at radius 3 is 0.836 bits per heavy atom. The molecule has 416 valence electrons. The second-order valence-corrected chi connectivity index (χ2v) is 19.9. The number of carbonyl (C=O) groups excluding carboxylic acids is 3. The Morgan fingerprint density at radius 2 is 0.534 bits per heavy atom. The summed E-state index contributed by atoms with van der Waals surface area (Å²) in [5.74, 6) is -0.908. The van der Waals surface area contributed by atoms with Gasteiger partial charge in [-0.1, -0.05) is 265 Å². The number of unbranched alkanes of at least 4 members (excludes halogenated alkanes) is 25. The van der Waals surface area contributed by atoms with E-state index in [2.05, 4.69) is 130 Å². The third-order valence-corrected chi connectivity index (χ3v) is 12.8. The second-order valence-electron chi connectivity index (χ2n) is 19.9. The van der Waals surface area contributed by atoms with Gasteiger partial charge < -0.3 is 14.2 Å². The van der Waals surface area contributed by atoms with Gasteiger partial charge in [0.25, 0.3) is 0 Å². The normalized spacial score (nSPS) is 12.9. The molecule has 0 saturated heterocycles. The van der Waals surface area contributed by atoms with E-state index < -0.39 is 6.10 Å². The van der Waals surface area contributed by atoms with Crippen molar-refractivity contribution in [2.75, 3.05) is 13.2 Å². The molecule has 1 atom stereocenters. The fourth-order valence-corrected chi connectivity index (χ4v) is 8.28. The summed E-state index contributed by atoms with van der Waals surface area (Å²) in [4.78, 5) is 38.2. The summed E-state index contributed by atoms with van der Waals surface area (Å²) in [7, 11) is 0. The topological polar surface area (TPSA) is 78.9 Å². The maximum atomic E-state index is 12.9. The molecule has 0 aromatic rings. The molecule has 0 aromatic carbocycles. The maximum absolute atomic E-state index is 12.9. The molecule has 0 rings (SSSR count). The second kappa shape index (κ2) is 60.6. The zero-order valence-corrected chi connectivity index (χ0v) is 47.6. The van der Waals surface area contributed by atoms with Gasteiger partial charge in [0.2, 0.25) is 0 Å². The molecule has 0 N–H and O–H groups in total. The van der Waals surface area contributed by atoms with Crippen LogP contribution in [-0.4, -0.2) is 37.2 Å². The van der Waals surface area contributed by atoms with E-state index >= 15 is 0 Å². The summed E-state index contributed by atoms with van der Waals surface area (Å²) in [6.45, 7) is 6.40. The summed E-state index contributed by atoms with van der Waals surface area (Å²) in [6, 6.07) is 0. The number of hydrogen-bond donors (Lipinski definition) is 0. The van der Waals surface area contributed by atoms with Gasteiger partial charge in [-0.15, -0.1) is 0 Å². The smallest absolute Gasteiger partial charge is 0.306 e. The van der Waals surface area contributed by atoms with Crippen LogP contribution in [0.2, 0.25) is 0 Å². The van der Waals surface area contributed by atoms with Crippen LogP contribution in [0.25, 0.3) is 0 Å². The fourth-order valence-electron chi connectivity index (χ4n) is 8.28. The monoisotopic (exact) mass is 1010 g/mol. The van der Waals surface area contributed by atoms with Crippen LogP contribution in [0.15, 0.2) is 109 Å². The van der Waals surface area contributed by atoms with E-state index in [0.717, 1.165) is 141 Å². The number of ether oxygens (including phenoxy) is 3. The van der Waals surface area contributed by atoms with Gasteiger partial charge >= 0.3 is 17.9 Å². The van der Waals surface area contributed by atoms with E-state index in [1.807, 2.05) is 0 Å². The third kappa shape index (κ3) is 58.8. The average molecular weight is 1010 g/mol. The lowest BCUT2D eigenvalue weighted by Crippen LogP contribution is -2.30. The van der Waals surface area contributed by atoms with Gasteiger partial charge in [0, 0.05) is 19.3 Å². The van der Waals surface area contributed by atoms with E-state index in [1.165, 1.54) is 96.3 Å². The molecule has 0 spiro atoms. The van der Waals surface area contributed by atoms with Crippen molar-refractivity contribution in [3.8, 4) is 0 Å². The molecule has 0 aliphatic heterocycles. The SMILES string of the molecule is CC/C=C\C/C=C\C/C=C\C/C=C\C/C=C\C/C=C\CCCCCCCCCCC(=O)OCC(COC(=O)CCCCCCCCCCCCCCC)OC(=O)CCCCCCC/C=C\C/C=C\C/C=C\CC. The molecule has 0 bridgehead atoms. The third-order valence-electron chi connectivity index (χ3n) is 12.8. The predicted molar refractivity (Wildman–Crippen MR) is 316 cm³/mol. The van der Waals surface area contributed by atoms with Crippen LogP contribution >= 0.6 is 0 Å². The lowest BCUT2D eigenvalue weighted by Gasteiger charge is -2.18. The quantitative estimate of drug-likeness (QED) is 0.0261. The van der Waals surface area contributed by atoms with E-state index in [1.54, 1.807) is 0 Å². The zero-order chi connectivity index (χ0) is 52.9. The lowest BCUT2D eigenvalue weighted by molar-refractivity contribution is -0.167. The van der Waals surface area contributed by atoms with Gasteiger partial charge in [0.05, 0.1) is 0 Å². The summed E-state index contributed by atoms with van der Waals surface area (Å²) >= 11 is 0. The van der Waals surface area contributed by atoms with Crippen molar-refractivity contribution >= 4 is 17.9 Å². The molecule has 0 fully saturated rings. The maximum Gasteiger partial charge on any atom is 0.306 e. The van der Waals surface area contributed by atoms with Crippen LogP contribution in [0, 0.1) is 0 Å². The van der Waals surface area contributed by atoms with Crippen LogP contribution in [0.5, 0.6) is 0 Å². The Balaban J connectivity index is 4.33. The average Bonchev–Trinajstić information content (AvgIpc) is 3.39. The highest BCUT2D eigenvalue weighted by molar-refractivity contribution is 5.71. The molecule has 0 aliphatic carbocycles. The first kappa shape index (κ1) is 69.1. The van der Waals surface area contributed by atoms with Crippen LogP contribution in [-0.2, 0) is 28.6 Å². The molecule has 73 heavy (non-hydrogen) atoms. The van der Waals surface area contributed by atoms with Crippen molar-refractivity contribution in [2.45, 2.75) is 284 Å². The standard InChI is InChI=1S/C67H112O6/c1-4-7-10-13-16-19-22-25-27-28-29-30-31-32-33-34-35-36-37-38-40-42-45-48-51-54-57-60-66(69)72-63-64(62-71-65(68)59-56-53-50-47-44-41-24-21-18-15-12-9-6-3)73-67(70)61-58-55-52-49-46-43-39-26-23-20-17-14-11-8-5-2/h7-8,10-11,16-17,19-20,25-27,29-30,32-33,35-36,39,64H,4-6,9,12-15,18,21-24,28,31,34,37-38,40-63H2,1-3H3/b10-7-,11-8-,19-16-,20-17-,27-25-,30-29-,33-32-,36-35-,39-26-. The van der Waals surface area contributed by atoms with E-state index in [4.69, 9.17) is 14.2 Å². The van der Waals surface area contributed by atoms with Crippen LogP contribution < -0.4 is 0 Å². The Morgan fingerprint density at radius 1 is 0.288 bits per heavy atom. The Labute approximate surface area is 450 Å². The summed E-state index contributed by atoms with van der Waals surface area (Å²) in [6.07, 6.45) is 82.3. The van der Waals surface area contributed by atoms with E-state index in [9.17, 15) is 14.4 Å². The van der Waals surface area contributed by atoms with Crippen molar-refractivity contribution in [2.24, 2.45) is 0 Å². The summed E-state index contributed by atoms with van der Waals surface area (Å²) in [5.41, 5.74) is 0. The molecule has 6 heteroatoms. The molecular weight excluding hydrogens is 901 g/mol. The highest BCUT2D eigenvalue weighted by atomic mass is 16.6. The molecule has 0 radical (unpaired) electrons. The van der Waals surface area contributed by atoms with Crippen molar-refractivity contribution in [3.63, 3.8) is 0 Å². The van der Waals surface area contributed by atoms with Gasteiger partial charge in [0.1, 0.15) is 13.2 Å². The van der Waals surface area contributed by atoms with Crippen LogP contribution in [0.3, 0.4) is 0 Å². The van der Waals surface area contributed by atoms with Crippen LogP contribution in [0.4, 0.5) is 0 Å². The number of carbonyl (C=O) groups is 3. The number of rotatable bonds is 54. The minimum Gasteiger partial charge on any atom is -0.462 e. The number of hydrogen-bond acceptors (Lipinski definition) is 6. The fraction of sp³-hybridized carbons (Fsp3) is 0.687. The zero-order valence-electron chi connectivity index (χ0n) is 47.6. The van der Waals surface area contributed by atoms with Crippen LogP contribution in [0.1, 0.15) is 278 Å². The van der Waals surface area contributed by atoms with Gasteiger partial charge in [-0.2, -0.15) is 0 Å². The first-order chi connectivity index (χ1) is 36.0. The molecular formula is C67H112O6. The van der Waals surface area contributed by atoms with E-state index in [0.29, 0.717) is 19.3 Å². The predicted octanol–water partition coefficient (Wildman–Crippen LogP) is 20.7. The Kier molecular flexibility index (Phi) is 57.4. The Bertz CT molecular complexity index is 1490.